The van der Waals surface area contributed by atoms with Gasteiger partial charge in [-0.1, -0.05) is 6.07 Å². The SMILES string of the molecule is Cc1nc(-c2ccc3c(c2)oc(=O)n3C)c(C#N)n1C. The Labute approximate surface area is 114 Å². The van der Waals surface area contributed by atoms with E-state index < -0.39 is 5.76 Å². The van der Waals surface area contributed by atoms with Crippen molar-refractivity contribution in [3.8, 4) is 17.3 Å². The van der Waals surface area contributed by atoms with E-state index in [1.165, 1.54) is 4.57 Å². The molecule has 0 aliphatic carbocycles. The van der Waals surface area contributed by atoms with Gasteiger partial charge in [0, 0.05) is 19.7 Å². The van der Waals surface area contributed by atoms with E-state index in [0.717, 1.165) is 11.4 Å². The molecule has 0 aliphatic rings. The lowest BCUT2D eigenvalue weighted by Crippen LogP contribution is -2.08. The van der Waals surface area contributed by atoms with Gasteiger partial charge in [-0.05, 0) is 19.1 Å². The minimum atomic E-state index is -0.408. The minimum absolute atomic E-state index is 0.408. The number of aromatic nitrogens is 3. The average molecular weight is 268 g/mol. The minimum Gasteiger partial charge on any atom is -0.408 e. The van der Waals surface area contributed by atoms with Crippen molar-refractivity contribution >= 4 is 11.1 Å². The van der Waals surface area contributed by atoms with E-state index in [4.69, 9.17) is 4.42 Å². The fraction of sp³-hybridized carbons (Fsp3) is 0.214. The number of benzene rings is 1. The van der Waals surface area contributed by atoms with Crippen LogP contribution < -0.4 is 5.76 Å². The maximum absolute atomic E-state index is 11.5. The molecular formula is C14H12N4O2. The number of fused-ring (bicyclic) bond motifs is 1. The molecule has 0 radical (unpaired) electrons. The summed E-state index contributed by atoms with van der Waals surface area (Å²) in [4.78, 5) is 15.9. The maximum atomic E-state index is 11.5. The largest absolute Gasteiger partial charge is 0.419 e. The molecule has 6 nitrogen and oxygen atoms in total. The molecule has 0 fully saturated rings. The van der Waals surface area contributed by atoms with Crippen molar-refractivity contribution in [2.75, 3.05) is 0 Å². The van der Waals surface area contributed by atoms with Gasteiger partial charge in [0.2, 0.25) is 0 Å². The number of nitriles is 1. The van der Waals surface area contributed by atoms with E-state index in [2.05, 4.69) is 11.1 Å². The first-order valence-corrected chi connectivity index (χ1v) is 6.06. The lowest BCUT2D eigenvalue weighted by atomic mass is 10.1. The van der Waals surface area contributed by atoms with Crippen molar-refractivity contribution < 1.29 is 4.42 Å². The number of rotatable bonds is 1. The maximum Gasteiger partial charge on any atom is 0.419 e. The highest BCUT2D eigenvalue weighted by molar-refractivity contribution is 5.80. The summed E-state index contributed by atoms with van der Waals surface area (Å²) >= 11 is 0. The van der Waals surface area contributed by atoms with Gasteiger partial charge in [0.25, 0.3) is 0 Å². The van der Waals surface area contributed by atoms with E-state index in [1.807, 2.05) is 13.0 Å². The molecule has 0 saturated heterocycles. The molecule has 0 aliphatic heterocycles. The summed E-state index contributed by atoms with van der Waals surface area (Å²) in [6, 6.07) is 7.51. The number of aryl methyl sites for hydroxylation is 2. The number of imidazole rings is 1. The molecule has 3 rings (SSSR count). The molecular weight excluding hydrogens is 256 g/mol. The topological polar surface area (TPSA) is 76.8 Å². The van der Waals surface area contributed by atoms with Crippen molar-refractivity contribution in [2.45, 2.75) is 6.92 Å². The standard InChI is InChI=1S/C14H12N4O2/c1-8-16-13(11(7-15)17(8)2)9-4-5-10-12(6-9)20-14(19)18(10)3/h4-6H,1-3H3. The number of hydrogen-bond acceptors (Lipinski definition) is 4. The first kappa shape index (κ1) is 12.2. The summed E-state index contributed by atoms with van der Waals surface area (Å²) in [5.74, 6) is 0.348. The smallest absolute Gasteiger partial charge is 0.408 e. The van der Waals surface area contributed by atoms with Gasteiger partial charge in [-0.2, -0.15) is 5.26 Å². The molecule has 3 aromatic rings. The molecule has 6 heteroatoms. The van der Waals surface area contributed by atoms with Crippen LogP contribution in [0.25, 0.3) is 22.4 Å². The Bertz CT molecular complexity index is 921. The fourth-order valence-corrected chi connectivity index (χ4v) is 2.22. The third-order valence-corrected chi connectivity index (χ3v) is 3.49. The molecule has 0 saturated carbocycles. The van der Waals surface area contributed by atoms with Gasteiger partial charge in [-0.15, -0.1) is 0 Å². The summed E-state index contributed by atoms with van der Waals surface area (Å²) in [5, 5.41) is 9.25. The van der Waals surface area contributed by atoms with Crippen molar-refractivity contribution in [3.63, 3.8) is 0 Å². The number of hydrogen-bond donors (Lipinski definition) is 0. The van der Waals surface area contributed by atoms with E-state index in [9.17, 15) is 10.1 Å². The lowest BCUT2D eigenvalue weighted by molar-refractivity contribution is 0.528. The monoisotopic (exact) mass is 268 g/mol. The van der Waals surface area contributed by atoms with Crippen LogP contribution in [0.3, 0.4) is 0 Å². The predicted octanol–water partition coefficient (Wildman–Crippen LogP) is 1.71. The first-order chi connectivity index (χ1) is 9.52. The number of nitrogens with zero attached hydrogens (tertiary/aromatic N) is 4. The second-order valence-electron chi connectivity index (χ2n) is 4.64. The Hall–Kier alpha value is -2.81. The zero-order valence-electron chi connectivity index (χ0n) is 11.3. The van der Waals surface area contributed by atoms with Crippen molar-refractivity contribution in [1.82, 2.24) is 14.1 Å². The van der Waals surface area contributed by atoms with E-state index >= 15 is 0 Å². The van der Waals surface area contributed by atoms with Crippen LogP contribution in [0.15, 0.2) is 27.4 Å². The molecule has 0 amide bonds. The molecule has 0 spiro atoms. The zero-order chi connectivity index (χ0) is 14.4. The lowest BCUT2D eigenvalue weighted by Gasteiger charge is -1.99. The van der Waals surface area contributed by atoms with Crippen LogP contribution in [0.1, 0.15) is 11.5 Å². The summed E-state index contributed by atoms with van der Waals surface area (Å²) in [5.41, 5.74) is 3.04. The van der Waals surface area contributed by atoms with Gasteiger partial charge >= 0.3 is 5.76 Å². The summed E-state index contributed by atoms with van der Waals surface area (Å²) < 4.78 is 8.34. The first-order valence-electron chi connectivity index (χ1n) is 6.06. The molecule has 100 valence electrons. The number of oxazole rings is 1. The highest BCUT2D eigenvalue weighted by Crippen LogP contribution is 2.26. The Balaban J connectivity index is 2.28. The van der Waals surface area contributed by atoms with Gasteiger partial charge in [-0.25, -0.2) is 9.78 Å². The van der Waals surface area contributed by atoms with Crippen molar-refractivity contribution in [2.24, 2.45) is 14.1 Å². The highest BCUT2D eigenvalue weighted by atomic mass is 16.4. The van der Waals surface area contributed by atoms with Gasteiger partial charge in [0.05, 0.1) is 5.52 Å². The third kappa shape index (κ3) is 1.57. The molecule has 1 aromatic carbocycles. The molecule has 0 N–H and O–H groups in total. The highest BCUT2D eigenvalue weighted by Gasteiger charge is 2.15. The molecule has 20 heavy (non-hydrogen) atoms. The van der Waals surface area contributed by atoms with Crippen LogP contribution in [-0.4, -0.2) is 14.1 Å². The van der Waals surface area contributed by atoms with Crippen LogP contribution in [0, 0.1) is 18.3 Å². The molecule has 0 unspecified atom stereocenters. The zero-order valence-corrected chi connectivity index (χ0v) is 11.3. The van der Waals surface area contributed by atoms with Gasteiger partial charge < -0.3 is 8.98 Å². The van der Waals surface area contributed by atoms with Crippen LogP contribution in [0.2, 0.25) is 0 Å². The molecule has 2 aromatic heterocycles. The van der Waals surface area contributed by atoms with E-state index in [0.29, 0.717) is 22.5 Å². The quantitative estimate of drug-likeness (QED) is 0.673. The molecule has 2 heterocycles. The van der Waals surface area contributed by atoms with E-state index in [-0.39, 0.29) is 0 Å². The summed E-state index contributed by atoms with van der Waals surface area (Å²) in [7, 11) is 3.45. The van der Waals surface area contributed by atoms with Crippen LogP contribution >= 0.6 is 0 Å². The van der Waals surface area contributed by atoms with Crippen molar-refractivity contribution in [3.05, 3.63) is 40.3 Å². The van der Waals surface area contributed by atoms with Gasteiger partial charge in [-0.3, -0.25) is 4.57 Å². The Morgan fingerprint density at radius 3 is 2.75 bits per heavy atom. The Morgan fingerprint density at radius 2 is 2.05 bits per heavy atom. The average Bonchev–Trinajstić information content (AvgIpc) is 2.88. The van der Waals surface area contributed by atoms with Crippen LogP contribution in [0.4, 0.5) is 0 Å². The third-order valence-electron chi connectivity index (χ3n) is 3.49. The Morgan fingerprint density at radius 1 is 1.30 bits per heavy atom. The van der Waals surface area contributed by atoms with Crippen molar-refractivity contribution in [1.29, 1.82) is 5.26 Å². The summed E-state index contributed by atoms with van der Waals surface area (Å²) in [6.07, 6.45) is 0. The van der Waals surface area contributed by atoms with Crippen LogP contribution in [-0.2, 0) is 14.1 Å². The van der Waals surface area contributed by atoms with E-state index in [1.54, 1.807) is 30.8 Å². The Kier molecular flexibility index (Phi) is 2.51. The predicted molar refractivity (Wildman–Crippen MR) is 73.1 cm³/mol. The van der Waals surface area contributed by atoms with Crippen LogP contribution in [0.5, 0.6) is 0 Å². The second kappa shape index (κ2) is 4.10. The van der Waals surface area contributed by atoms with Gasteiger partial charge in [0.15, 0.2) is 5.58 Å². The second-order valence-corrected chi connectivity index (χ2v) is 4.64. The fourth-order valence-electron chi connectivity index (χ4n) is 2.22. The summed E-state index contributed by atoms with van der Waals surface area (Å²) in [6.45, 7) is 1.84. The molecule has 0 atom stereocenters. The normalized spacial score (nSPS) is 10.9. The van der Waals surface area contributed by atoms with Gasteiger partial charge in [0.1, 0.15) is 23.3 Å². The molecule has 0 bridgehead atoms.